The molecule has 2 N–H and O–H groups in total. The highest BCUT2D eigenvalue weighted by Gasteiger charge is 2.29. The van der Waals surface area contributed by atoms with Crippen LogP contribution in [0.5, 0.6) is 0 Å². The molecule has 16 heavy (non-hydrogen) atoms. The van der Waals surface area contributed by atoms with E-state index in [0.29, 0.717) is 0 Å². The van der Waals surface area contributed by atoms with Gasteiger partial charge in [-0.3, -0.25) is 0 Å². The van der Waals surface area contributed by atoms with Crippen LogP contribution in [0.3, 0.4) is 0 Å². The molecule has 1 aromatic rings. The van der Waals surface area contributed by atoms with Crippen LogP contribution in [-0.2, 0) is 6.42 Å². The van der Waals surface area contributed by atoms with Crippen molar-refractivity contribution in [2.24, 2.45) is 5.73 Å². The Morgan fingerprint density at radius 2 is 1.94 bits per heavy atom. The molecule has 2 nitrogen and oxygen atoms in total. The van der Waals surface area contributed by atoms with Gasteiger partial charge in [-0.25, -0.2) is 0 Å². The quantitative estimate of drug-likeness (QED) is 0.857. The molecule has 0 spiro atoms. The van der Waals surface area contributed by atoms with E-state index in [1.165, 1.54) is 5.56 Å². The monoisotopic (exact) mass is 238 g/mol. The summed E-state index contributed by atoms with van der Waals surface area (Å²) < 4.78 is 0. The third-order valence-corrected chi connectivity index (χ3v) is 3.85. The smallest absolute Gasteiger partial charge is 0.0438 e. The number of nitrogens with two attached hydrogens (primary N) is 1. The second-order valence-corrected chi connectivity index (χ2v) is 5.34. The van der Waals surface area contributed by atoms with Crippen molar-refractivity contribution >= 4 is 11.6 Å². The second-order valence-electron chi connectivity index (χ2n) is 4.93. The molecule has 0 radical (unpaired) electrons. The number of likely N-dealkylation sites (tertiary alicyclic amines) is 1. The lowest BCUT2D eigenvalue weighted by Crippen LogP contribution is -2.50. The van der Waals surface area contributed by atoms with Crippen molar-refractivity contribution in [3.63, 3.8) is 0 Å². The lowest BCUT2D eigenvalue weighted by Gasteiger charge is -2.38. The van der Waals surface area contributed by atoms with Crippen molar-refractivity contribution in [1.82, 2.24) is 4.90 Å². The fourth-order valence-corrected chi connectivity index (χ4v) is 2.46. The molecule has 3 heteroatoms. The third kappa shape index (κ3) is 2.76. The summed E-state index contributed by atoms with van der Waals surface area (Å²) in [6.45, 7) is 2.17. The molecule has 0 atom stereocenters. The van der Waals surface area contributed by atoms with E-state index in [0.717, 1.165) is 37.4 Å². The Morgan fingerprint density at radius 3 is 2.56 bits per heavy atom. The van der Waals surface area contributed by atoms with E-state index in [2.05, 4.69) is 18.0 Å². The Labute approximate surface area is 102 Å². The first kappa shape index (κ1) is 11.9. The van der Waals surface area contributed by atoms with Crippen LogP contribution in [0.15, 0.2) is 24.3 Å². The van der Waals surface area contributed by atoms with Gasteiger partial charge in [-0.1, -0.05) is 29.8 Å². The predicted octanol–water partition coefficient (Wildman–Crippen LogP) is 2.31. The molecule has 1 saturated heterocycles. The van der Waals surface area contributed by atoms with Crippen molar-refractivity contribution in [2.75, 3.05) is 20.1 Å². The minimum atomic E-state index is -0.0719. The molecule has 1 aliphatic heterocycles. The van der Waals surface area contributed by atoms with Crippen LogP contribution in [0.25, 0.3) is 0 Å². The van der Waals surface area contributed by atoms with E-state index < -0.39 is 0 Å². The fraction of sp³-hybridized carbons (Fsp3) is 0.538. The minimum absolute atomic E-state index is 0.0719. The predicted molar refractivity (Wildman–Crippen MR) is 68.8 cm³/mol. The van der Waals surface area contributed by atoms with E-state index in [1.807, 2.05) is 18.2 Å². The van der Waals surface area contributed by atoms with E-state index in [-0.39, 0.29) is 5.54 Å². The Bertz CT molecular complexity index is 357. The lowest BCUT2D eigenvalue weighted by atomic mass is 9.83. The molecule has 1 aromatic carbocycles. The maximum absolute atomic E-state index is 6.44. The number of hydrogen-bond donors (Lipinski definition) is 1. The normalized spacial score (nSPS) is 20.9. The van der Waals surface area contributed by atoms with Crippen LogP contribution in [0, 0.1) is 0 Å². The van der Waals surface area contributed by atoms with Gasteiger partial charge >= 0.3 is 0 Å². The molecule has 0 amide bonds. The summed E-state index contributed by atoms with van der Waals surface area (Å²) in [5.74, 6) is 0. The average Bonchev–Trinajstić information content (AvgIpc) is 2.27. The molecule has 0 bridgehead atoms. The summed E-state index contributed by atoms with van der Waals surface area (Å²) >= 11 is 6.17. The van der Waals surface area contributed by atoms with E-state index >= 15 is 0 Å². The molecule has 1 aliphatic rings. The minimum Gasteiger partial charge on any atom is -0.325 e. The molecule has 0 saturated carbocycles. The zero-order chi connectivity index (χ0) is 11.6. The van der Waals surface area contributed by atoms with E-state index in [1.54, 1.807) is 0 Å². The molecule has 0 aromatic heterocycles. The number of hydrogen-bond acceptors (Lipinski definition) is 2. The van der Waals surface area contributed by atoms with Gasteiger partial charge in [0.15, 0.2) is 0 Å². The third-order valence-electron chi connectivity index (χ3n) is 3.48. The number of rotatable bonds is 2. The number of nitrogens with zero attached hydrogens (tertiary/aromatic N) is 1. The standard InChI is InChI=1S/C13H19ClN2/c1-16-8-6-13(15,7-9-16)10-11-4-2-3-5-12(11)14/h2-5H,6-10,15H2,1H3. The van der Waals surface area contributed by atoms with Gasteiger partial charge in [0.2, 0.25) is 0 Å². The molecule has 2 rings (SSSR count). The van der Waals surface area contributed by atoms with Crippen LogP contribution < -0.4 is 5.73 Å². The molecule has 1 heterocycles. The SMILES string of the molecule is CN1CCC(N)(Cc2ccccc2Cl)CC1. The van der Waals surface area contributed by atoms with Gasteiger partial charge in [0.1, 0.15) is 0 Å². The Hall–Kier alpha value is -0.570. The topological polar surface area (TPSA) is 29.3 Å². The Balaban J connectivity index is 2.07. The van der Waals surface area contributed by atoms with Crippen molar-refractivity contribution in [2.45, 2.75) is 24.8 Å². The zero-order valence-corrected chi connectivity index (χ0v) is 10.5. The molecule has 88 valence electrons. The van der Waals surface area contributed by atoms with Crippen LogP contribution in [0.4, 0.5) is 0 Å². The van der Waals surface area contributed by atoms with Crippen molar-refractivity contribution in [3.05, 3.63) is 34.9 Å². The van der Waals surface area contributed by atoms with Gasteiger partial charge in [-0.05, 0) is 51.0 Å². The van der Waals surface area contributed by atoms with Gasteiger partial charge in [-0.15, -0.1) is 0 Å². The summed E-state index contributed by atoms with van der Waals surface area (Å²) in [5.41, 5.74) is 7.54. The summed E-state index contributed by atoms with van der Waals surface area (Å²) in [4.78, 5) is 2.33. The first-order valence-electron chi connectivity index (χ1n) is 5.80. The van der Waals surface area contributed by atoms with Gasteiger partial charge in [-0.2, -0.15) is 0 Å². The largest absolute Gasteiger partial charge is 0.325 e. The summed E-state index contributed by atoms with van der Waals surface area (Å²) in [7, 11) is 2.15. The van der Waals surface area contributed by atoms with E-state index in [4.69, 9.17) is 17.3 Å². The number of halogens is 1. The average molecular weight is 239 g/mol. The first-order chi connectivity index (χ1) is 7.59. The Kier molecular flexibility index (Phi) is 3.53. The highest BCUT2D eigenvalue weighted by molar-refractivity contribution is 6.31. The molecule has 0 unspecified atom stereocenters. The van der Waals surface area contributed by atoms with Gasteiger partial charge < -0.3 is 10.6 Å². The maximum Gasteiger partial charge on any atom is 0.0438 e. The summed E-state index contributed by atoms with van der Waals surface area (Å²) in [6.07, 6.45) is 2.99. The molecular formula is C13H19ClN2. The van der Waals surface area contributed by atoms with Crippen molar-refractivity contribution in [1.29, 1.82) is 0 Å². The van der Waals surface area contributed by atoms with Crippen LogP contribution in [0.1, 0.15) is 18.4 Å². The second kappa shape index (κ2) is 4.74. The lowest BCUT2D eigenvalue weighted by molar-refractivity contribution is 0.190. The van der Waals surface area contributed by atoms with Gasteiger partial charge in [0, 0.05) is 10.6 Å². The summed E-state index contributed by atoms with van der Waals surface area (Å²) in [5, 5.41) is 0.839. The zero-order valence-electron chi connectivity index (χ0n) is 9.75. The summed E-state index contributed by atoms with van der Waals surface area (Å²) in [6, 6.07) is 8.01. The molecule has 1 fully saturated rings. The molecular weight excluding hydrogens is 220 g/mol. The Morgan fingerprint density at radius 1 is 1.31 bits per heavy atom. The van der Waals surface area contributed by atoms with Crippen LogP contribution >= 0.6 is 11.6 Å². The van der Waals surface area contributed by atoms with Gasteiger partial charge in [0.05, 0.1) is 0 Å². The van der Waals surface area contributed by atoms with Crippen LogP contribution in [0.2, 0.25) is 5.02 Å². The van der Waals surface area contributed by atoms with Crippen molar-refractivity contribution < 1.29 is 0 Å². The van der Waals surface area contributed by atoms with Gasteiger partial charge in [0.25, 0.3) is 0 Å². The van der Waals surface area contributed by atoms with Crippen LogP contribution in [-0.4, -0.2) is 30.6 Å². The van der Waals surface area contributed by atoms with Crippen molar-refractivity contribution in [3.8, 4) is 0 Å². The highest BCUT2D eigenvalue weighted by Crippen LogP contribution is 2.26. The maximum atomic E-state index is 6.44. The fourth-order valence-electron chi connectivity index (χ4n) is 2.26. The number of piperidine rings is 1. The first-order valence-corrected chi connectivity index (χ1v) is 6.18. The highest BCUT2D eigenvalue weighted by atomic mass is 35.5. The van der Waals surface area contributed by atoms with E-state index in [9.17, 15) is 0 Å². The molecule has 0 aliphatic carbocycles. The number of benzene rings is 1.